The molecule has 1 amide bonds. The fourth-order valence-electron chi connectivity index (χ4n) is 4.80. The highest BCUT2D eigenvalue weighted by Crippen LogP contribution is 2.32. The largest absolute Gasteiger partial charge is 0.369 e. The molecule has 0 saturated carbocycles. The number of aromatic amines is 1. The van der Waals surface area contributed by atoms with Crippen LogP contribution in [0.3, 0.4) is 0 Å². The lowest BCUT2D eigenvalue weighted by atomic mass is 10.0. The molecule has 0 aliphatic carbocycles. The summed E-state index contributed by atoms with van der Waals surface area (Å²) < 4.78 is 40.8. The van der Waals surface area contributed by atoms with Crippen molar-refractivity contribution in [2.45, 2.75) is 44.3 Å². The van der Waals surface area contributed by atoms with E-state index in [1.165, 1.54) is 22.5 Å². The molecule has 37 heavy (non-hydrogen) atoms. The SMILES string of the molecule is CC(C)(C)N1CCN(c2ccc(C(=O)Nc3n[nH]c4c3CN(S(=O)(=O)c3cccc(F)c3)C4)cc2)CC1. The van der Waals surface area contributed by atoms with E-state index in [9.17, 15) is 17.6 Å². The van der Waals surface area contributed by atoms with Crippen molar-refractivity contribution in [1.29, 1.82) is 0 Å². The second kappa shape index (κ2) is 9.55. The van der Waals surface area contributed by atoms with Gasteiger partial charge < -0.3 is 10.2 Å². The fraction of sp³-hybridized carbons (Fsp3) is 0.385. The Bertz CT molecular complexity index is 1410. The van der Waals surface area contributed by atoms with Gasteiger partial charge in [-0.05, 0) is 63.2 Å². The summed E-state index contributed by atoms with van der Waals surface area (Å²) in [6.45, 7) is 10.6. The number of piperazine rings is 1. The maximum absolute atomic E-state index is 13.6. The number of rotatable bonds is 5. The first kappa shape index (κ1) is 25.4. The average molecular weight is 527 g/mol. The van der Waals surface area contributed by atoms with Crippen molar-refractivity contribution in [1.82, 2.24) is 19.4 Å². The van der Waals surface area contributed by atoms with Gasteiger partial charge in [0.05, 0.1) is 17.1 Å². The molecule has 5 rings (SSSR count). The Morgan fingerprint density at radius 3 is 2.38 bits per heavy atom. The summed E-state index contributed by atoms with van der Waals surface area (Å²) in [5, 5.41) is 9.79. The Balaban J connectivity index is 1.23. The van der Waals surface area contributed by atoms with Crippen molar-refractivity contribution < 1.29 is 17.6 Å². The van der Waals surface area contributed by atoms with Crippen LogP contribution in [0.15, 0.2) is 53.4 Å². The van der Waals surface area contributed by atoms with E-state index in [1.807, 2.05) is 12.1 Å². The van der Waals surface area contributed by atoms with Crippen LogP contribution in [0.1, 0.15) is 42.4 Å². The quantitative estimate of drug-likeness (QED) is 0.528. The van der Waals surface area contributed by atoms with Crippen molar-refractivity contribution in [2.75, 3.05) is 36.4 Å². The van der Waals surface area contributed by atoms with Crippen molar-refractivity contribution in [3.05, 3.63) is 71.2 Å². The van der Waals surface area contributed by atoms with Crippen LogP contribution in [0.25, 0.3) is 0 Å². The van der Waals surface area contributed by atoms with Crippen LogP contribution in [0.2, 0.25) is 0 Å². The number of halogens is 1. The van der Waals surface area contributed by atoms with Crippen LogP contribution in [0.4, 0.5) is 15.9 Å². The monoisotopic (exact) mass is 526 g/mol. The zero-order valence-electron chi connectivity index (χ0n) is 21.2. The molecular weight excluding hydrogens is 495 g/mol. The van der Waals surface area contributed by atoms with E-state index in [0.717, 1.165) is 37.9 Å². The molecule has 3 aromatic rings. The van der Waals surface area contributed by atoms with E-state index in [4.69, 9.17) is 0 Å². The Hall–Kier alpha value is -3.28. The number of aromatic nitrogens is 2. The van der Waals surface area contributed by atoms with Crippen LogP contribution >= 0.6 is 0 Å². The molecule has 0 radical (unpaired) electrons. The molecule has 196 valence electrons. The lowest BCUT2D eigenvalue weighted by Gasteiger charge is -2.43. The highest BCUT2D eigenvalue weighted by Gasteiger charge is 2.34. The topological polar surface area (TPSA) is 102 Å². The van der Waals surface area contributed by atoms with Gasteiger partial charge in [-0.2, -0.15) is 9.40 Å². The lowest BCUT2D eigenvalue weighted by Crippen LogP contribution is -2.53. The fourth-order valence-corrected chi connectivity index (χ4v) is 6.21. The third-order valence-electron chi connectivity index (χ3n) is 7.01. The molecule has 1 saturated heterocycles. The first-order valence-electron chi connectivity index (χ1n) is 12.3. The molecule has 3 heterocycles. The van der Waals surface area contributed by atoms with Gasteiger partial charge in [-0.1, -0.05) is 6.07 Å². The molecular formula is C26H31FN6O3S. The maximum atomic E-state index is 13.6. The van der Waals surface area contributed by atoms with E-state index >= 15 is 0 Å². The smallest absolute Gasteiger partial charge is 0.256 e. The van der Waals surface area contributed by atoms with Crippen LogP contribution in [-0.4, -0.2) is 65.4 Å². The second-order valence-corrected chi connectivity index (χ2v) is 12.3. The first-order valence-corrected chi connectivity index (χ1v) is 13.7. The van der Waals surface area contributed by atoms with Crippen molar-refractivity contribution in [3.8, 4) is 0 Å². The average Bonchev–Trinajstić information content (AvgIpc) is 3.46. The van der Waals surface area contributed by atoms with Crippen LogP contribution < -0.4 is 10.2 Å². The molecule has 9 nitrogen and oxygen atoms in total. The third-order valence-corrected chi connectivity index (χ3v) is 8.80. The van der Waals surface area contributed by atoms with Crippen molar-refractivity contribution in [2.24, 2.45) is 0 Å². The predicted molar refractivity (Wildman–Crippen MR) is 139 cm³/mol. The Morgan fingerprint density at radius 1 is 1.03 bits per heavy atom. The zero-order chi connectivity index (χ0) is 26.4. The maximum Gasteiger partial charge on any atom is 0.256 e. The van der Waals surface area contributed by atoms with Gasteiger partial charge in [0.2, 0.25) is 10.0 Å². The Morgan fingerprint density at radius 2 is 1.73 bits per heavy atom. The number of nitrogens with one attached hydrogen (secondary N) is 2. The van der Waals surface area contributed by atoms with Crippen LogP contribution in [0.5, 0.6) is 0 Å². The van der Waals surface area contributed by atoms with Gasteiger partial charge in [-0.25, -0.2) is 12.8 Å². The third kappa shape index (κ3) is 5.11. The molecule has 1 aromatic heterocycles. The molecule has 2 aliphatic rings. The van der Waals surface area contributed by atoms with E-state index in [0.29, 0.717) is 22.6 Å². The molecule has 0 unspecified atom stereocenters. The summed E-state index contributed by atoms with van der Waals surface area (Å²) in [7, 11) is -3.90. The Labute approximate surface area is 216 Å². The number of nitrogens with zero attached hydrogens (tertiary/aromatic N) is 4. The summed E-state index contributed by atoms with van der Waals surface area (Å²) in [6.07, 6.45) is 0. The number of anilines is 2. The van der Waals surface area contributed by atoms with E-state index in [2.05, 4.69) is 46.1 Å². The number of sulfonamides is 1. The Kier molecular flexibility index (Phi) is 6.55. The van der Waals surface area contributed by atoms with Gasteiger partial charge in [0.25, 0.3) is 5.91 Å². The normalized spacial score (nSPS) is 17.1. The van der Waals surface area contributed by atoms with Crippen molar-refractivity contribution >= 4 is 27.4 Å². The molecule has 0 spiro atoms. The predicted octanol–water partition coefficient (Wildman–Crippen LogP) is 3.43. The summed E-state index contributed by atoms with van der Waals surface area (Å²) in [5.41, 5.74) is 2.91. The highest BCUT2D eigenvalue weighted by molar-refractivity contribution is 7.89. The number of carbonyl (C=O) groups excluding carboxylic acids is 1. The number of carbonyl (C=O) groups is 1. The van der Waals surface area contributed by atoms with E-state index in [1.54, 1.807) is 12.1 Å². The van der Waals surface area contributed by atoms with Crippen molar-refractivity contribution in [3.63, 3.8) is 0 Å². The van der Waals surface area contributed by atoms with Gasteiger partial charge >= 0.3 is 0 Å². The van der Waals surface area contributed by atoms with Gasteiger partial charge in [0.1, 0.15) is 5.82 Å². The number of H-pyrrole nitrogens is 1. The number of amides is 1. The van der Waals surface area contributed by atoms with Gasteiger partial charge in [-0.15, -0.1) is 0 Å². The lowest BCUT2D eigenvalue weighted by molar-refractivity contribution is 0.102. The molecule has 11 heteroatoms. The molecule has 2 aliphatic heterocycles. The molecule has 0 bridgehead atoms. The summed E-state index contributed by atoms with van der Waals surface area (Å²) >= 11 is 0. The highest BCUT2D eigenvalue weighted by atomic mass is 32.2. The van der Waals surface area contributed by atoms with Crippen LogP contribution in [-0.2, 0) is 23.1 Å². The van der Waals surface area contributed by atoms with E-state index < -0.39 is 15.8 Å². The number of hydrogen-bond acceptors (Lipinski definition) is 6. The van der Waals surface area contributed by atoms with Crippen LogP contribution in [0, 0.1) is 5.82 Å². The molecule has 2 N–H and O–H groups in total. The molecule has 0 atom stereocenters. The van der Waals surface area contributed by atoms with Gasteiger partial charge in [0, 0.05) is 55.1 Å². The zero-order valence-corrected chi connectivity index (χ0v) is 22.0. The number of benzene rings is 2. The first-order chi connectivity index (χ1) is 17.5. The standard InChI is InChI=1S/C26H31FN6O3S/c1-26(2,3)32-13-11-31(12-14-32)20-9-7-18(8-10-20)25(34)28-24-22-16-33(17-23(22)29-30-24)37(35,36)21-6-4-5-19(27)15-21/h4-10,15H,11-14,16-17H2,1-3H3,(H2,28,29,30,34). The number of fused-ring (bicyclic) bond motifs is 1. The molecule has 1 fully saturated rings. The van der Waals surface area contributed by atoms with Gasteiger partial charge in [-0.3, -0.25) is 14.8 Å². The number of hydrogen-bond donors (Lipinski definition) is 2. The minimum Gasteiger partial charge on any atom is -0.369 e. The minimum atomic E-state index is -3.90. The van der Waals surface area contributed by atoms with E-state index in [-0.39, 0.29) is 29.4 Å². The summed E-state index contributed by atoms with van der Waals surface area (Å²) in [4.78, 5) is 17.6. The second-order valence-electron chi connectivity index (χ2n) is 10.4. The summed E-state index contributed by atoms with van der Waals surface area (Å²) in [6, 6.07) is 12.4. The molecule has 2 aromatic carbocycles. The minimum absolute atomic E-state index is 0.0276. The van der Waals surface area contributed by atoms with Gasteiger partial charge in [0.15, 0.2) is 5.82 Å². The summed E-state index contributed by atoms with van der Waals surface area (Å²) in [5.74, 6) is -0.657.